The van der Waals surface area contributed by atoms with Crippen LogP contribution in [0, 0.1) is 0 Å². The smallest absolute Gasteiger partial charge is 0.0640 e. The van der Waals surface area contributed by atoms with E-state index in [1.807, 2.05) is 12.4 Å². The third-order valence-corrected chi connectivity index (χ3v) is 3.17. The normalized spacial score (nSPS) is 22.0. The molecular formula is C12H15N3. The summed E-state index contributed by atoms with van der Waals surface area (Å²) < 4.78 is 0. The van der Waals surface area contributed by atoms with Gasteiger partial charge in [-0.15, -0.1) is 0 Å². The van der Waals surface area contributed by atoms with Crippen molar-refractivity contribution in [2.24, 2.45) is 0 Å². The van der Waals surface area contributed by atoms with Crippen molar-refractivity contribution in [3.63, 3.8) is 0 Å². The number of aromatic amines is 1. The van der Waals surface area contributed by atoms with E-state index in [4.69, 9.17) is 0 Å². The van der Waals surface area contributed by atoms with E-state index in [0.717, 1.165) is 18.6 Å². The number of fused-ring (bicyclic) bond motifs is 1. The average molecular weight is 201 g/mol. The molecule has 0 aromatic carbocycles. The minimum atomic E-state index is 0.595. The van der Waals surface area contributed by atoms with Gasteiger partial charge in [0.2, 0.25) is 0 Å². The number of nitrogens with one attached hydrogen (secondary N) is 2. The van der Waals surface area contributed by atoms with Gasteiger partial charge in [-0.1, -0.05) is 0 Å². The van der Waals surface area contributed by atoms with Crippen molar-refractivity contribution in [1.29, 1.82) is 0 Å². The Kier molecular flexibility index (Phi) is 2.18. The molecule has 2 aromatic rings. The Hall–Kier alpha value is -1.35. The third-order valence-electron chi connectivity index (χ3n) is 3.17. The molecule has 78 valence electrons. The molecule has 2 aromatic heterocycles. The standard InChI is InChI=1S/C12H15N3/c1-2-10(7-13-4-1)11-6-9-3-5-14-12(9)8-15-11/h3,5-6,8,10,13-14H,1-2,4,7H2/t10-/m1/s1. The molecule has 3 heteroatoms. The van der Waals surface area contributed by atoms with Crippen LogP contribution in [0.5, 0.6) is 0 Å². The van der Waals surface area contributed by atoms with Crippen LogP contribution < -0.4 is 5.32 Å². The zero-order chi connectivity index (χ0) is 10.1. The Morgan fingerprint density at radius 3 is 3.27 bits per heavy atom. The fourth-order valence-electron chi connectivity index (χ4n) is 2.30. The van der Waals surface area contributed by atoms with Gasteiger partial charge in [0.1, 0.15) is 0 Å². The first kappa shape index (κ1) is 8.92. The second-order valence-electron chi connectivity index (χ2n) is 4.22. The molecule has 1 aliphatic heterocycles. The molecule has 2 N–H and O–H groups in total. The predicted octanol–water partition coefficient (Wildman–Crippen LogP) is 2.03. The van der Waals surface area contributed by atoms with Gasteiger partial charge in [-0.3, -0.25) is 4.98 Å². The molecular weight excluding hydrogens is 186 g/mol. The van der Waals surface area contributed by atoms with Gasteiger partial charge in [0.25, 0.3) is 0 Å². The summed E-state index contributed by atoms with van der Waals surface area (Å²) in [5.74, 6) is 0.595. The number of nitrogens with zero attached hydrogens (tertiary/aromatic N) is 1. The molecule has 0 saturated carbocycles. The largest absolute Gasteiger partial charge is 0.360 e. The molecule has 1 aliphatic rings. The van der Waals surface area contributed by atoms with Crippen molar-refractivity contribution < 1.29 is 0 Å². The number of rotatable bonds is 1. The molecule has 1 fully saturated rings. The first-order valence-electron chi connectivity index (χ1n) is 5.57. The predicted molar refractivity (Wildman–Crippen MR) is 60.9 cm³/mol. The lowest BCUT2D eigenvalue weighted by Gasteiger charge is -2.22. The Labute approximate surface area is 88.9 Å². The van der Waals surface area contributed by atoms with Gasteiger partial charge in [-0.25, -0.2) is 0 Å². The van der Waals surface area contributed by atoms with E-state index < -0.39 is 0 Å². The lowest BCUT2D eigenvalue weighted by molar-refractivity contribution is 0.455. The van der Waals surface area contributed by atoms with Crippen LogP contribution in [-0.2, 0) is 0 Å². The van der Waals surface area contributed by atoms with E-state index in [0.29, 0.717) is 5.92 Å². The van der Waals surface area contributed by atoms with E-state index in [-0.39, 0.29) is 0 Å². The van der Waals surface area contributed by atoms with E-state index in [1.165, 1.54) is 23.9 Å². The van der Waals surface area contributed by atoms with E-state index in [9.17, 15) is 0 Å². The fraction of sp³-hybridized carbons (Fsp3) is 0.417. The van der Waals surface area contributed by atoms with Gasteiger partial charge in [-0.05, 0) is 31.5 Å². The number of aromatic nitrogens is 2. The molecule has 1 saturated heterocycles. The number of hydrogen-bond donors (Lipinski definition) is 2. The summed E-state index contributed by atoms with van der Waals surface area (Å²) in [6.45, 7) is 2.23. The Morgan fingerprint density at radius 2 is 2.40 bits per heavy atom. The van der Waals surface area contributed by atoms with Crippen molar-refractivity contribution in [3.05, 3.63) is 30.2 Å². The summed E-state index contributed by atoms with van der Waals surface area (Å²) in [6, 6.07) is 4.32. The van der Waals surface area contributed by atoms with Crippen LogP contribution in [0.25, 0.3) is 10.9 Å². The second-order valence-corrected chi connectivity index (χ2v) is 4.22. The Bertz CT molecular complexity index is 455. The molecule has 3 nitrogen and oxygen atoms in total. The maximum Gasteiger partial charge on any atom is 0.0640 e. The highest BCUT2D eigenvalue weighted by Gasteiger charge is 2.16. The molecule has 0 aliphatic carbocycles. The van der Waals surface area contributed by atoms with Crippen LogP contribution >= 0.6 is 0 Å². The van der Waals surface area contributed by atoms with Crippen molar-refractivity contribution >= 4 is 10.9 Å². The van der Waals surface area contributed by atoms with Crippen LogP contribution in [0.4, 0.5) is 0 Å². The van der Waals surface area contributed by atoms with Gasteiger partial charge < -0.3 is 10.3 Å². The van der Waals surface area contributed by atoms with Gasteiger partial charge in [0.15, 0.2) is 0 Å². The highest BCUT2D eigenvalue weighted by atomic mass is 14.9. The SMILES string of the molecule is c1cc2cc([C@@H]3CCCNC3)ncc2[nH]1. The summed E-state index contributed by atoms with van der Waals surface area (Å²) >= 11 is 0. The van der Waals surface area contributed by atoms with Gasteiger partial charge in [0.05, 0.1) is 11.7 Å². The zero-order valence-electron chi connectivity index (χ0n) is 8.66. The first-order chi connectivity index (χ1) is 7.43. The lowest BCUT2D eigenvalue weighted by atomic mass is 9.95. The third kappa shape index (κ3) is 1.63. The summed E-state index contributed by atoms with van der Waals surface area (Å²) in [6.07, 6.45) is 6.43. The summed E-state index contributed by atoms with van der Waals surface area (Å²) in [4.78, 5) is 7.70. The highest BCUT2D eigenvalue weighted by molar-refractivity contribution is 5.78. The fourth-order valence-corrected chi connectivity index (χ4v) is 2.30. The maximum absolute atomic E-state index is 4.53. The van der Waals surface area contributed by atoms with Crippen molar-refractivity contribution in [3.8, 4) is 0 Å². The van der Waals surface area contributed by atoms with Crippen molar-refractivity contribution in [1.82, 2.24) is 15.3 Å². The number of H-pyrrole nitrogens is 1. The van der Waals surface area contributed by atoms with Crippen LogP contribution in [-0.4, -0.2) is 23.1 Å². The minimum absolute atomic E-state index is 0.595. The average Bonchev–Trinajstić information content (AvgIpc) is 2.77. The van der Waals surface area contributed by atoms with Crippen LogP contribution in [0.1, 0.15) is 24.5 Å². The lowest BCUT2D eigenvalue weighted by Crippen LogP contribution is -2.28. The van der Waals surface area contributed by atoms with Crippen LogP contribution in [0.3, 0.4) is 0 Å². The Morgan fingerprint density at radius 1 is 1.40 bits per heavy atom. The molecule has 0 amide bonds. The number of pyridine rings is 1. The molecule has 3 heterocycles. The molecule has 0 bridgehead atoms. The van der Waals surface area contributed by atoms with Gasteiger partial charge >= 0.3 is 0 Å². The molecule has 1 atom stereocenters. The summed E-state index contributed by atoms with van der Waals surface area (Å²) in [7, 11) is 0. The topological polar surface area (TPSA) is 40.7 Å². The second kappa shape index (κ2) is 3.66. The minimum Gasteiger partial charge on any atom is -0.360 e. The molecule has 0 unspecified atom stereocenters. The zero-order valence-corrected chi connectivity index (χ0v) is 8.66. The highest BCUT2D eigenvalue weighted by Crippen LogP contribution is 2.23. The van der Waals surface area contributed by atoms with E-state index in [1.54, 1.807) is 0 Å². The van der Waals surface area contributed by atoms with E-state index >= 15 is 0 Å². The summed E-state index contributed by atoms with van der Waals surface area (Å²) in [5, 5.41) is 4.70. The Balaban J connectivity index is 1.95. The number of piperidine rings is 1. The first-order valence-corrected chi connectivity index (χ1v) is 5.57. The van der Waals surface area contributed by atoms with Gasteiger partial charge in [-0.2, -0.15) is 0 Å². The molecule has 3 rings (SSSR count). The molecule has 0 spiro atoms. The molecule has 0 radical (unpaired) electrons. The summed E-state index contributed by atoms with van der Waals surface area (Å²) in [5.41, 5.74) is 2.36. The van der Waals surface area contributed by atoms with Crippen molar-refractivity contribution in [2.45, 2.75) is 18.8 Å². The van der Waals surface area contributed by atoms with Crippen LogP contribution in [0.2, 0.25) is 0 Å². The molecule has 15 heavy (non-hydrogen) atoms. The van der Waals surface area contributed by atoms with Crippen LogP contribution in [0.15, 0.2) is 24.5 Å². The quantitative estimate of drug-likeness (QED) is 0.741. The van der Waals surface area contributed by atoms with E-state index in [2.05, 4.69) is 27.4 Å². The van der Waals surface area contributed by atoms with Crippen molar-refractivity contribution in [2.75, 3.05) is 13.1 Å². The van der Waals surface area contributed by atoms with Gasteiger partial charge in [0, 0.05) is 29.7 Å². The monoisotopic (exact) mass is 201 g/mol. The maximum atomic E-state index is 4.53. The number of hydrogen-bond acceptors (Lipinski definition) is 2.